The molecule has 1 unspecified atom stereocenters. The Morgan fingerprint density at radius 2 is 2.05 bits per heavy atom. The maximum atomic E-state index is 11.6. The van der Waals surface area contributed by atoms with Crippen molar-refractivity contribution in [2.24, 2.45) is 5.92 Å². The van der Waals surface area contributed by atoms with Gasteiger partial charge in [-0.05, 0) is 22.6 Å². The summed E-state index contributed by atoms with van der Waals surface area (Å²) in [5, 5.41) is 2.64. The van der Waals surface area contributed by atoms with Crippen molar-refractivity contribution in [2.75, 3.05) is 26.3 Å². The minimum absolute atomic E-state index is 0.0332. The number of nitrogens with zero attached hydrogens (tertiary/aromatic N) is 1. The highest BCUT2D eigenvalue weighted by Crippen LogP contribution is 2.18. The van der Waals surface area contributed by atoms with Crippen LogP contribution < -0.4 is 5.32 Å². The zero-order chi connectivity index (χ0) is 15.8. The largest absolute Gasteiger partial charge is 0.379 e. The molecule has 0 aromatic rings. The minimum atomic E-state index is -0.283. The normalized spacial score (nSPS) is 18.2. The van der Waals surface area contributed by atoms with E-state index in [1.165, 1.54) is 0 Å². The van der Waals surface area contributed by atoms with Crippen LogP contribution in [0, 0.1) is 5.92 Å². The van der Waals surface area contributed by atoms with Gasteiger partial charge in [0.1, 0.15) is 0 Å². The molecule has 3 amide bonds. The van der Waals surface area contributed by atoms with E-state index >= 15 is 0 Å². The zero-order valence-electron chi connectivity index (χ0n) is 11.9. The van der Waals surface area contributed by atoms with Gasteiger partial charge < -0.3 is 10.1 Å². The van der Waals surface area contributed by atoms with Crippen molar-refractivity contribution in [3.8, 4) is 0 Å². The third-order valence-corrected chi connectivity index (χ3v) is 3.58. The number of imide groups is 1. The molecule has 7 nitrogen and oxygen atoms in total. The van der Waals surface area contributed by atoms with Gasteiger partial charge in [0.05, 0.1) is 13.2 Å². The van der Waals surface area contributed by atoms with E-state index in [1.54, 1.807) is 29.5 Å². The van der Waals surface area contributed by atoms with E-state index in [9.17, 15) is 19.2 Å². The monoisotopic (exact) mass is 410 g/mol. The Kier molecular flexibility index (Phi) is 7.79. The number of carbonyl (C=O) groups excluding carboxylic acids is 4. The third kappa shape index (κ3) is 6.51. The molecular weight excluding hydrogens is 391 g/mol. The van der Waals surface area contributed by atoms with Gasteiger partial charge in [-0.3, -0.25) is 24.1 Å². The van der Waals surface area contributed by atoms with Crippen molar-refractivity contribution in [1.29, 1.82) is 0 Å². The lowest BCUT2D eigenvalue weighted by Gasteiger charge is -2.14. The van der Waals surface area contributed by atoms with Gasteiger partial charge in [0, 0.05) is 38.3 Å². The van der Waals surface area contributed by atoms with Crippen molar-refractivity contribution in [1.82, 2.24) is 10.2 Å². The van der Waals surface area contributed by atoms with Crippen LogP contribution in [-0.4, -0.2) is 52.7 Å². The summed E-state index contributed by atoms with van der Waals surface area (Å²) < 4.78 is 5.20. The first-order chi connectivity index (χ1) is 9.91. The molecule has 1 saturated heterocycles. The number of nitrogens with one attached hydrogen (secondary N) is 1. The molecule has 1 aliphatic rings. The summed E-state index contributed by atoms with van der Waals surface area (Å²) in [7, 11) is 0. The molecule has 0 aliphatic carbocycles. The van der Waals surface area contributed by atoms with Gasteiger partial charge in [-0.15, -0.1) is 0 Å². The standard InChI is InChI=1S/C13H19IN2O5/c1-9-8-12(19)16(13(9)20)5-2-11(18)15-4-7-21-6-3-10(14)17/h9H,2-8H2,1H3,(H,15,18). The summed E-state index contributed by atoms with van der Waals surface area (Å²) in [6.45, 7) is 2.84. The number of rotatable bonds is 9. The summed E-state index contributed by atoms with van der Waals surface area (Å²) in [6.07, 6.45) is 0.673. The maximum absolute atomic E-state index is 11.6. The Bertz CT molecular complexity index is 427. The van der Waals surface area contributed by atoms with Gasteiger partial charge >= 0.3 is 0 Å². The molecule has 0 spiro atoms. The Balaban J connectivity index is 2.10. The van der Waals surface area contributed by atoms with Gasteiger partial charge in [-0.2, -0.15) is 0 Å². The highest BCUT2D eigenvalue weighted by atomic mass is 127. The number of amides is 3. The van der Waals surface area contributed by atoms with Crippen molar-refractivity contribution in [3.63, 3.8) is 0 Å². The molecule has 0 aromatic heterocycles. The molecular formula is C13H19IN2O5. The van der Waals surface area contributed by atoms with E-state index < -0.39 is 0 Å². The first-order valence-electron chi connectivity index (χ1n) is 6.78. The van der Waals surface area contributed by atoms with Crippen LogP contribution in [0.15, 0.2) is 0 Å². The summed E-state index contributed by atoms with van der Waals surface area (Å²) in [5.74, 6) is -0.940. The lowest BCUT2D eigenvalue weighted by atomic mass is 10.1. The SMILES string of the molecule is CC1CC(=O)N(CCC(=O)NCCOCCC(=O)I)C1=O. The third-order valence-electron chi connectivity index (χ3n) is 3.04. The minimum Gasteiger partial charge on any atom is -0.379 e. The van der Waals surface area contributed by atoms with Crippen LogP contribution in [0.1, 0.15) is 26.2 Å². The number of carbonyl (C=O) groups is 4. The Labute approximate surface area is 136 Å². The van der Waals surface area contributed by atoms with Crippen LogP contribution in [0.25, 0.3) is 0 Å². The van der Waals surface area contributed by atoms with E-state index in [0.717, 1.165) is 4.90 Å². The Hall–Kier alpha value is -1.03. The van der Waals surface area contributed by atoms with Gasteiger partial charge in [-0.1, -0.05) is 6.92 Å². The van der Waals surface area contributed by atoms with Crippen LogP contribution in [0.5, 0.6) is 0 Å². The topological polar surface area (TPSA) is 92.8 Å². The average Bonchev–Trinajstić information content (AvgIpc) is 2.65. The fourth-order valence-electron chi connectivity index (χ4n) is 1.90. The summed E-state index contributed by atoms with van der Waals surface area (Å²) in [4.78, 5) is 46.5. The smallest absolute Gasteiger partial charge is 0.232 e. The number of hydrogen-bond donors (Lipinski definition) is 1. The second-order valence-corrected chi connectivity index (χ2v) is 6.01. The Morgan fingerprint density at radius 3 is 2.62 bits per heavy atom. The summed E-state index contributed by atoms with van der Waals surface area (Å²) >= 11 is 1.70. The van der Waals surface area contributed by atoms with Gasteiger partial charge in [0.15, 0.2) is 3.79 Å². The van der Waals surface area contributed by atoms with E-state index in [1.807, 2.05) is 0 Å². The quantitative estimate of drug-likeness (QED) is 0.255. The molecule has 0 bridgehead atoms. The van der Waals surface area contributed by atoms with Crippen molar-refractivity contribution < 1.29 is 23.9 Å². The lowest BCUT2D eigenvalue weighted by molar-refractivity contribution is -0.139. The maximum Gasteiger partial charge on any atom is 0.232 e. The zero-order valence-corrected chi connectivity index (χ0v) is 14.1. The van der Waals surface area contributed by atoms with E-state index in [0.29, 0.717) is 26.2 Å². The Morgan fingerprint density at radius 1 is 1.33 bits per heavy atom. The fourth-order valence-corrected chi connectivity index (χ4v) is 2.12. The molecule has 118 valence electrons. The predicted octanol–water partition coefficient (Wildman–Crippen LogP) is 0.256. The number of ether oxygens (including phenoxy) is 1. The summed E-state index contributed by atoms with van der Waals surface area (Å²) in [5.41, 5.74) is 0. The molecule has 21 heavy (non-hydrogen) atoms. The first kappa shape index (κ1) is 18.0. The van der Waals surface area contributed by atoms with E-state index in [4.69, 9.17) is 4.74 Å². The molecule has 1 N–H and O–H groups in total. The molecule has 0 saturated carbocycles. The molecule has 1 heterocycles. The average molecular weight is 410 g/mol. The predicted molar refractivity (Wildman–Crippen MR) is 82.6 cm³/mol. The molecule has 1 atom stereocenters. The van der Waals surface area contributed by atoms with Crippen molar-refractivity contribution >= 4 is 44.1 Å². The molecule has 0 radical (unpaired) electrons. The number of likely N-dealkylation sites (tertiary alicyclic amines) is 1. The number of halogens is 1. The molecule has 8 heteroatoms. The molecule has 1 rings (SSSR count). The second kappa shape index (κ2) is 9.08. The van der Waals surface area contributed by atoms with Crippen LogP contribution in [0.3, 0.4) is 0 Å². The van der Waals surface area contributed by atoms with Crippen LogP contribution in [-0.2, 0) is 23.9 Å². The van der Waals surface area contributed by atoms with Gasteiger partial charge in [-0.25, -0.2) is 0 Å². The van der Waals surface area contributed by atoms with E-state index in [-0.39, 0.29) is 46.8 Å². The fraction of sp³-hybridized carbons (Fsp3) is 0.692. The van der Waals surface area contributed by atoms with E-state index in [2.05, 4.69) is 5.32 Å². The van der Waals surface area contributed by atoms with Crippen LogP contribution in [0.4, 0.5) is 0 Å². The van der Waals surface area contributed by atoms with Gasteiger partial charge in [0.2, 0.25) is 17.7 Å². The highest BCUT2D eigenvalue weighted by Gasteiger charge is 2.35. The molecule has 1 aliphatic heterocycles. The second-order valence-electron chi connectivity index (χ2n) is 4.81. The lowest BCUT2D eigenvalue weighted by Crippen LogP contribution is -2.35. The van der Waals surface area contributed by atoms with Gasteiger partial charge in [0.25, 0.3) is 0 Å². The molecule has 1 fully saturated rings. The van der Waals surface area contributed by atoms with Crippen LogP contribution >= 0.6 is 22.6 Å². The first-order valence-corrected chi connectivity index (χ1v) is 7.86. The highest BCUT2D eigenvalue weighted by molar-refractivity contribution is 14.1. The summed E-state index contributed by atoms with van der Waals surface area (Å²) in [6, 6.07) is 0. The van der Waals surface area contributed by atoms with Crippen molar-refractivity contribution in [3.05, 3.63) is 0 Å². The number of hydrogen-bond acceptors (Lipinski definition) is 5. The van der Waals surface area contributed by atoms with Crippen LogP contribution in [0.2, 0.25) is 0 Å². The van der Waals surface area contributed by atoms with Crippen molar-refractivity contribution in [2.45, 2.75) is 26.2 Å². The molecule has 0 aromatic carbocycles.